The van der Waals surface area contributed by atoms with Gasteiger partial charge in [-0.3, -0.25) is 15.0 Å². The number of esters is 1. The number of aliphatic imine (C=N–C) groups is 1. The van der Waals surface area contributed by atoms with Gasteiger partial charge in [0.2, 0.25) is 5.90 Å². The van der Waals surface area contributed by atoms with Gasteiger partial charge in [0, 0.05) is 41.6 Å². The maximum Gasteiger partial charge on any atom is 0.306 e. The zero-order valence-electron chi connectivity index (χ0n) is 26.0. The molecule has 0 fully saturated rings. The number of nitrogens with zero attached hydrogens (tertiary/aromatic N) is 1. The maximum absolute atomic E-state index is 14.2. The van der Waals surface area contributed by atoms with Crippen molar-refractivity contribution in [1.82, 2.24) is 10.9 Å². The standard InChI is InChI=1S/C34H40BrN3O7/c1-33(2,3)45-29(40)18-19-34(32(41)38-36-22-23-10-14-25(42-4)15-11-23)30(27-8-5-6-9-28(27)35)44-31(37-34)24-12-16-26(17-13-24)43-21-7-20-39/h5-6,8-17,30,36,39H,7,18-22H2,1-4H3,(H,38,41)/t30-,34-/m0/s1. The lowest BCUT2D eigenvalue weighted by Gasteiger charge is -2.31. The van der Waals surface area contributed by atoms with Gasteiger partial charge in [0.1, 0.15) is 17.1 Å². The summed E-state index contributed by atoms with van der Waals surface area (Å²) in [5.74, 6) is 0.714. The minimum absolute atomic E-state index is 0.0236. The molecule has 1 aliphatic heterocycles. The van der Waals surface area contributed by atoms with E-state index in [-0.39, 0.29) is 25.3 Å². The Labute approximate surface area is 272 Å². The van der Waals surface area contributed by atoms with Crippen molar-refractivity contribution >= 4 is 33.7 Å². The van der Waals surface area contributed by atoms with Gasteiger partial charge < -0.3 is 24.1 Å². The Morgan fingerprint density at radius 2 is 1.71 bits per heavy atom. The van der Waals surface area contributed by atoms with Crippen LogP contribution in [0.1, 0.15) is 62.8 Å². The number of ether oxygens (including phenoxy) is 4. The molecule has 1 amide bonds. The summed E-state index contributed by atoms with van der Waals surface area (Å²) < 4.78 is 23.7. The Hall–Kier alpha value is -3.93. The molecule has 4 rings (SSSR count). The van der Waals surface area contributed by atoms with Crippen LogP contribution in [0.25, 0.3) is 0 Å². The molecule has 0 bridgehead atoms. The van der Waals surface area contributed by atoms with Crippen LogP contribution in [0.15, 0.2) is 82.3 Å². The van der Waals surface area contributed by atoms with Gasteiger partial charge in [-0.15, -0.1) is 0 Å². The SMILES string of the molecule is COc1ccc(CNNC(=O)[C@@]2(CCC(=O)OC(C)(C)C)N=C(c3ccc(OCCCO)cc3)O[C@H]2c2ccccc2Br)cc1. The number of nitrogens with one attached hydrogen (secondary N) is 2. The molecule has 3 aromatic carbocycles. The van der Waals surface area contributed by atoms with Crippen molar-refractivity contribution in [2.45, 2.75) is 63.8 Å². The highest BCUT2D eigenvalue weighted by Gasteiger charge is 2.54. The van der Waals surface area contributed by atoms with E-state index in [0.717, 1.165) is 15.8 Å². The number of carbonyl (C=O) groups excluding carboxylic acids is 2. The second-order valence-electron chi connectivity index (χ2n) is 11.6. The van der Waals surface area contributed by atoms with Crippen molar-refractivity contribution < 1.29 is 33.6 Å². The fraction of sp³-hybridized carbons (Fsp3) is 0.382. The number of aliphatic hydroxyl groups excluding tert-OH is 1. The number of carbonyl (C=O) groups is 2. The molecule has 0 saturated heterocycles. The lowest BCUT2D eigenvalue weighted by molar-refractivity contribution is -0.155. The summed E-state index contributed by atoms with van der Waals surface area (Å²) in [7, 11) is 1.60. The largest absolute Gasteiger partial charge is 0.497 e. The molecule has 0 radical (unpaired) electrons. The van der Waals surface area contributed by atoms with Gasteiger partial charge >= 0.3 is 5.97 Å². The fourth-order valence-electron chi connectivity index (χ4n) is 4.80. The van der Waals surface area contributed by atoms with Gasteiger partial charge in [0.15, 0.2) is 11.6 Å². The lowest BCUT2D eigenvalue weighted by Crippen LogP contribution is -2.52. The van der Waals surface area contributed by atoms with Gasteiger partial charge in [-0.2, -0.15) is 0 Å². The average molecular weight is 683 g/mol. The van der Waals surface area contributed by atoms with E-state index in [2.05, 4.69) is 26.8 Å². The number of hydrogen-bond acceptors (Lipinski definition) is 9. The first-order chi connectivity index (χ1) is 21.5. The van der Waals surface area contributed by atoms with Crippen molar-refractivity contribution in [3.05, 3.63) is 94.0 Å². The third kappa shape index (κ3) is 9.06. The number of methoxy groups -OCH3 is 1. The van der Waals surface area contributed by atoms with E-state index in [1.807, 2.05) is 48.5 Å². The fourth-order valence-corrected chi connectivity index (χ4v) is 5.29. The van der Waals surface area contributed by atoms with E-state index >= 15 is 0 Å². The molecule has 1 aliphatic rings. The molecule has 3 aromatic rings. The number of aliphatic hydroxyl groups is 1. The minimum Gasteiger partial charge on any atom is -0.497 e. The van der Waals surface area contributed by atoms with Gasteiger partial charge in [-0.1, -0.05) is 46.3 Å². The van der Waals surface area contributed by atoms with Gasteiger partial charge in [0.05, 0.1) is 13.7 Å². The van der Waals surface area contributed by atoms with Crippen LogP contribution < -0.4 is 20.3 Å². The van der Waals surface area contributed by atoms with Gasteiger partial charge in [-0.05, 0) is 75.2 Å². The van der Waals surface area contributed by atoms with Gasteiger partial charge in [-0.25, -0.2) is 10.4 Å². The number of halogens is 1. The van der Waals surface area contributed by atoms with Crippen molar-refractivity contribution in [2.75, 3.05) is 20.3 Å². The number of hydrogen-bond donors (Lipinski definition) is 3. The van der Waals surface area contributed by atoms with E-state index in [1.165, 1.54) is 0 Å². The molecule has 0 spiro atoms. The summed E-state index contributed by atoms with van der Waals surface area (Å²) in [5, 5.41) is 9.04. The Morgan fingerprint density at radius 1 is 1.02 bits per heavy atom. The van der Waals surface area contributed by atoms with Crippen LogP contribution in [-0.4, -0.2) is 54.3 Å². The van der Waals surface area contributed by atoms with Crippen molar-refractivity contribution in [3.63, 3.8) is 0 Å². The summed E-state index contributed by atoms with van der Waals surface area (Å²) in [4.78, 5) is 32.1. The molecule has 1 heterocycles. The molecule has 240 valence electrons. The van der Waals surface area contributed by atoms with Crippen LogP contribution in [-0.2, 0) is 25.6 Å². The molecule has 0 unspecified atom stereocenters. The summed E-state index contributed by atoms with van der Waals surface area (Å²) >= 11 is 3.62. The first kappa shape index (κ1) is 34.0. The highest BCUT2D eigenvalue weighted by atomic mass is 79.9. The summed E-state index contributed by atoms with van der Waals surface area (Å²) in [6.45, 7) is 6.16. The molecule has 3 N–H and O–H groups in total. The number of rotatable bonds is 14. The van der Waals surface area contributed by atoms with Crippen LogP contribution in [0, 0.1) is 0 Å². The third-order valence-corrected chi connectivity index (χ3v) is 7.72. The molecule has 45 heavy (non-hydrogen) atoms. The summed E-state index contributed by atoms with van der Waals surface area (Å²) in [6.07, 6.45) is -0.390. The highest BCUT2D eigenvalue weighted by Crippen LogP contribution is 2.45. The van der Waals surface area contributed by atoms with E-state index in [4.69, 9.17) is 29.0 Å². The first-order valence-corrected chi connectivity index (χ1v) is 15.6. The number of hydrazine groups is 1. The molecule has 2 atom stereocenters. The lowest BCUT2D eigenvalue weighted by atomic mass is 9.83. The average Bonchev–Trinajstić information content (AvgIpc) is 3.41. The smallest absolute Gasteiger partial charge is 0.306 e. The zero-order valence-corrected chi connectivity index (χ0v) is 27.6. The molecule has 0 saturated carbocycles. The Bertz CT molecular complexity index is 1470. The van der Waals surface area contributed by atoms with E-state index < -0.39 is 29.1 Å². The van der Waals surface area contributed by atoms with Crippen LogP contribution in [0.5, 0.6) is 11.5 Å². The maximum atomic E-state index is 14.2. The van der Waals surface area contributed by atoms with Crippen LogP contribution in [0.4, 0.5) is 0 Å². The van der Waals surface area contributed by atoms with E-state index in [9.17, 15) is 9.59 Å². The van der Waals surface area contributed by atoms with E-state index in [1.54, 1.807) is 52.1 Å². The van der Waals surface area contributed by atoms with E-state index in [0.29, 0.717) is 36.4 Å². The van der Waals surface area contributed by atoms with Crippen LogP contribution in [0.2, 0.25) is 0 Å². The zero-order chi connectivity index (χ0) is 32.5. The summed E-state index contributed by atoms with van der Waals surface area (Å²) in [5.41, 5.74) is 5.89. The quantitative estimate of drug-likeness (QED) is 0.117. The monoisotopic (exact) mass is 681 g/mol. The molecule has 0 aliphatic carbocycles. The Balaban J connectivity index is 1.67. The summed E-state index contributed by atoms with van der Waals surface area (Å²) in [6, 6.07) is 22.1. The highest BCUT2D eigenvalue weighted by molar-refractivity contribution is 9.10. The normalized spacial score (nSPS) is 17.6. The predicted octanol–water partition coefficient (Wildman–Crippen LogP) is 5.42. The topological polar surface area (TPSA) is 128 Å². The minimum atomic E-state index is -1.53. The molecule has 11 heteroatoms. The Kier molecular flexibility index (Phi) is 11.6. The van der Waals surface area contributed by atoms with Crippen molar-refractivity contribution in [1.29, 1.82) is 0 Å². The van der Waals surface area contributed by atoms with Crippen LogP contribution in [0.3, 0.4) is 0 Å². The number of benzene rings is 3. The third-order valence-electron chi connectivity index (χ3n) is 7.00. The molecular formula is C34H40BrN3O7. The molecule has 0 aromatic heterocycles. The molecular weight excluding hydrogens is 642 g/mol. The number of amides is 1. The van der Waals surface area contributed by atoms with Crippen molar-refractivity contribution in [2.24, 2.45) is 4.99 Å². The Morgan fingerprint density at radius 3 is 2.36 bits per heavy atom. The second kappa shape index (κ2) is 15.4. The first-order valence-electron chi connectivity index (χ1n) is 14.8. The van der Waals surface area contributed by atoms with Crippen LogP contribution >= 0.6 is 15.9 Å². The second-order valence-corrected chi connectivity index (χ2v) is 12.4. The van der Waals surface area contributed by atoms with Gasteiger partial charge in [0.25, 0.3) is 5.91 Å². The van der Waals surface area contributed by atoms with Crippen molar-refractivity contribution in [3.8, 4) is 11.5 Å². The molecule has 10 nitrogen and oxygen atoms in total. The predicted molar refractivity (Wildman–Crippen MR) is 174 cm³/mol.